The third-order valence-corrected chi connectivity index (χ3v) is 2.80. The Kier molecular flexibility index (Phi) is 5.76. The van der Waals surface area contributed by atoms with Crippen LogP contribution in [0.15, 0.2) is 34.3 Å². The molecule has 0 fully saturated rings. The number of hydrogen-bond donors (Lipinski definition) is 2. The maximum atomic E-state index is 11.7. The Morgan fingerprint density at radius 1 is 1.32 bits per heavy atom. The van der Waals surface area contributed by atoms with Gasteiger partial charge in [0.2, 0.25) is 11.8 Å². The molecule has 0 aliphatic carbocycles. The first-order valence-electron chi connectivity index (χ1n) is 5.87. The van der Waals surface area contributed by atoms with Crippen LogP contribution in [0.1, 0.15) is 19.4 Å². The lowest BCUT2D eigenvalue weighted by atomic mass is 10.2. The predicted octanol–water partition coefficient (Wildman–Crippen LogP) is 2.78. The summed E-state index contributed by atoms with van der Waals surface area (Å²) in [7, 11) is 0. The number of nitrogens with one attached hydrogen (secondary N) is 2. The summed E-state index contributed by atoms with van der Waals surface area (Å²) < 4.78 is 0.958. The molecule has 102 valence electrons. The lowest BCUT2D eigenvalue weighted by Crippen LogP contribution is -2.32. The Labute approximate surface area is 121 Å². The molecule has 0 spiro atoms. The normalized spacial score (nSPS) is 9.68. The zero-order chi connectivity index (χ0) is 14.4. The highest BCUT2D eigenvalue weighted by Crippen LogP contribution is 2.19. The highest BCUT2D eigenvalue weighted by atomic mass is 79.9. The molecule has 4 nitrogen and oxygen atoms in total. The summed E-state index contributed by atoms with van der Waals surface area (Å²) in [6.45, 7) is 5.51. The van der Waals surface area contributed by atoms with E-state index in [-0.39, 0.29) is 18.4 Å². The van der Waals surface area contributed by atoms with Crippen molar-refractivity contribution in [3.63, 3.8) is 0 Å². The maximum absolute atomic E-state index is 11.7. The van der Waals surface area contributed by atoms with Crippen LogP contribution in [-0.2, 0) is 9.59 Å². The molecule has 0 aromatic heterocycles. The number of anilines is 1. The van der Waals surface area contributed by atoms with Crippen LogP contribution < -0.4 is 10.6 Å². The fourth-order valence-electron chi connectivity index (χ4n) is 1.44. The van der Waals surface area contributed by atoms with Gasteiger partial charge >= 0.3 is 0 Å². The largest absolute Gasteiger partial charge is 0.343 e. The first-order chi connectivity index (χ1) is 8.88. The Morgan fingerprint density at radius 2 is 2.00 bits per heavy atom. The standard InChI is InChI=1S/C14H17BrN2O2/c1-9(2)6-13(18)16-8-14(19)17-12-5-4-11(15)7-10(12)3/h4-7H,8H2,1-3H3,(H,16,18)(H,17,19). The van der Waals surface area contributed by atoms with E-state index in [4.69, 9.17) is 0 Å². The number of carbonyl (C=O) groups excluding carboxylic acids is 2. The summed E-state index contributed by atoms with van der Waals surface area (Å²) >= 11 is 3.36. The quantitative estimate of drug-likeness (QED) is 0.837. The molecule has 0 radical (unpaired) electrons. The van der Waals surface area contributed by atoms with Crippen molar-refractivity contribution >= 4 is 33.4 Å². The maximum Gasteiger partial charge on any atom is 0.244 e. The molecular formula is C14H17BrN2O2. The van der Waals surface area contributed by atoms with Crippen LogP contribution in [0, 0.1) is 6.92 Å². The van der Waals surface area contributed by atoms with E-state index >= 15 is 0 Å². The third-order valence-electron chi connectivity index (χ3n) is 2.31. The van der Waals surface area contributed by atoms with Crippen LogP contribution in [-0.4, -0.2) is 18.4 Å². The number of halogens is 1. The van der Waals surface area contributed by atoms with E-state index in [1.165, 1.54) is 6.08 Å². The second kappa shape index (κ2) is 7.09. The van der Waals surface area contributed by atoms with Gasteiger partial charge < -0.3 is 10.6 Å². The highest BCUT2D eigenvalue weighted by molar-refractivity contribution is 9.10. The monoisotopic (exact) mass is 324 g/mol. The van der Waals surface area contributed by atoms with Gasteiger partial charge in [0.05, 0.1) is 6.54 Å². The smallest absolute Gasteiger partial charge is 0.244 e. The lowest BCUT2D eigenvalue weighted by molar-refractivity contribution is -0.121. The number of amides is 2. The molecule has 2 amide bonds. The topological polar surface area (TPSA) is 58.2 Å². The van der Waals surface area contributed by atoms with Gasteiger partial charge in [-0.15, -0.1) is 0 Å². The van der Waals surface area contributed by atoms with Gasteiger partial charge in [-0.3, -0.25) is 9.59 Å². The van der Waals surface area contributed by atoms with Crippen molar-refractivity contribution in [1.82, 2.24) is 5.32 Å². The van der Waals surface area contributed by atoms with Crippen LogP contribution in [0.5, 0.6) is 0 Å². The molecule has 5 heteroatoms. The number of aryl methyl sites for hydroxylation is 1. The van der Waals surface area contributed by atoms with Crippen LogP contribution in [0.2, 0.25) is 0 Å². The SMILES string of the molecule is CC(C)=CC(=O)NCC(=O)Nc1ccc(Br)cc1C. The summed E-state index contributed by atoms with van der Waals surface area (Å²) in [6, 6.07) is 5.58. The summed E-state index contributed by atoms with van der Waals surface area (Å²) in [5.41, 5.74) is 2.59. The van der Waals surface area contributed by atoms with Gasteiger partial charge in [0.1, 0.15) is 0 Å². The van der Waals surface area contributed by atoms with Crippen molar-refractivity contribution in [1.29, 1.82) is 0 Å². The molecule has 0 saturated heterocycles. The predicted molar refractivity (Wildman–Crippen MR) is 79.9 cm³/mol. The minimum absolute atomic E-state index is 0.0435. The van der Waals surface area contributed by atoms with E-state index in [0.29, 0.717) is 0 Å². The van der Waals surface area contributed by atoms with E-state index in [1.807, 2.05) is 39.0 Å². The number of hydrogen-bond acceptors (Lipinski definition) is 2. The van der Waals surface area contributed by atoms with Crippen LogP contribution in [0.4, 0.5) is 5.69 Å². The van der Waals surface area contributed by atoms with Crippen molar-refractivity contribution in [2.75, 3.05) is 11.9 Å². The van der Waals surface area contributed by atoms with E-state index in [9.17, 15) is 9.59 Å². The van der Waals surface area contributed by atoms with Crippen LogP contribution >= 0.6 is 15.9 Å². The highest BCUT2D eigenvalue weighted by Gasteiger charge is 2.06. The zero-order valence-electron chi connectivity index (χ0n) is 11.2. The molecular weight excluding hydrogens is 308 g/mol. The summed E-state index contributed by atoms with van der Waals surface area (Å²) in [5, 5.41) is 5.28. The minimum atomic E-state index is -0.261. The third kappa shape index (κ3) is 5.70. The summed E-state index contributed by atoms with van der Waals surface area (Å²) in [4.78, 5) is 23.0. The minimum Gasteiger partial charge on any atom is -0.343 e. The molecule has 0 bridgehead atoms. The fraction of sp³-hybridized carbons (Fsp3) is 0.286. The number of allylic oxidation sites excluding steroid dienone is 1. The number of carbonyl (C=O) groups is 2. The lowest BCUT2D eigenvalue weighted by Gasteiger charge is -2.09. The molecule has 0 heterocycles. The molecule has 0 aliphatic heterocycles. The Balaban J connectivity index is 2.52. The van der Waals surface area contributed by atoms with E-state index in [2.05, 4.69) is 26.6 Å². The van der Waals surface area contributed by atoms with Crippen LogP contribution in [0.3, 0.4) is 0 Å². The molecule has 0 unspecified atom stereocenters. The molecule has 2 N–H and O–H groups in total. The molecule has 0 saturated carbocycles. The van der Waals surface area contributed by atoms with Crippen molar-refractivity contribution in [2.45, 2.75) is 20.8 Å². The van der Waals surface area contributed by atoms with Gasteiger partial charge in [-0.2, -0.15) is 0 Å². The molecule has 1 aromatic carbocycles. The molecule has 0 aliphatic rings. The van der Waals surface area contributed by atoms with Gasteiger partial charge in [0, 0.05) is 16.2 Å². The van der Waals surface area contributed by atoms with Gasteiger partial charge in [0.15, 0.2) is 0 Å². The van der Waals surface area contributed by atoms with Crippen molar-refractivity contribution in [3.05, 3.63) is 39.9 Å². The van der Waals surface area contributed by atoms with Gasteiger partial charge in [0.25, 0.3) is 0 Å². The van der Waals surface area contributed by atoms with Crippen molar-refractivity contribution < 1.29 is 9.59 Å². The first-order valence-corrected chi connectivity index (χ1v) is 6.66. The second-order valence-electron chi connectivity index (χ2n) is 4.45. The molecule has 0 atom stereocenters. The first kappa shape index (κ1) is 15.4. The zero-order valence-corrected chi connectivity index (χ0v) is 12.8. The van der Waals surface area contributed by atoms with Crippen molar-refractivity contribution in [2.24, 2.45) is 0 Å². The van der Waals surface area contributed by atoms with Crippen molar-refractivity contribution in [3.8, 4) is 0 Å². The van der Waals surface area contributed by atoms with E-state index < -0.39 is 0 Å². The van der Waals surface area contributed by atoms with E-state index in [1.54, 1.807) is 0 Å². The summed E-state index contributed by atoms with van der Waals surface area (Å²) in [6.07, 6.45) is 1.46. The average molecular weight is 325 g/mol. The fourth-order valence-corrected chi connectivity index (χ4v) is 1.92. The van der Waals surface area contributed by atoms with Gasteiger partial charge in [-0.05, 0) is 44.5 Å². The average Bonchev–Trinajstić information content (AvgIpc) is 2.29. The molecule has 1 aromatic rings. The Morgan fingerprint density at radius 3 is 2.58 bits per heavy atom. The van der Waals surface area contributed by atoms with Gasteiger partial charge in [-0.25, -0.2) is 0 Å². The summed E-state index contributed by atoms with van der Waals surface area (Å²) in [5.74, 6) is -0.511. The number of benzene rings is 1. The molecule has 19 heavy (non-hydrogen) atoms. The van der Waals surface area contributed by atoms with Gasteiger partial charge in [-0.1, -0.05) is 21.5 Å². The Hall–Kier alpha value is -1.62. The second-order valence-corrected chi connectivity index (χ2v) is 5.36. The number of rotatable bonds is 4. The van der Waals surface area contributed by atoms with E-state index in [0.717, 1.165) is 21.3 Å². The van der Waals surface area contributed by atoms with Crippen LogP contribution in [0.25, 0.3) is 0 Å². The Bertz CT molecular complexity index is 520. The molecule has 1 rings (SSSR count).